The molecule has 0 aromatic carbocycles. The number of carboxylic acids is 2. The Hall–Kier alpha value is -0.492. The molecule has 0 aromatic rings. The van der Waals surface area contributed by atoms with Crippen LogP contribution in [-0.2, 0) is 30.7 Å². The molecule has 2 fully saturated rings. The van der Waals surface area contributed by atoms with Gasteiger partial charge in [0.2, 0.25) is 0 Å². The zero-order valence-corrected chi connectivity index (χ0v) is 16.4. The molecule has 0 heterocycles. The van der Waals surface area contributed by atoms with E-state index in [9.17, 15) is 9.59 Å². The molecule has 0 radical (unpaired) electrons. The average molecular weight is 512 g/mol. The largest absolute Gasteiger partial charge is 2.00 e. The van der Waals surface area contributed by atoms with E-state index in [0.29, 0.717) is 4.48 Å². The quantitative estimate of drug-likeness (QED) is 0.317. The molecule has 0 saturated heterocycles. The number of nitrogens with two attached hydrogens (primary N) is 2. The average Bonchev–Trinajstić information content (AvgIpc) is 2.29. The monoisotopic (exact) mass is 511 g/mol. The maximum absolute atomic E-state index is 10.8. The third-order valence-corrected chi connectivity index (χ3v) is 4.96. The van der Waals surface area contributed by atoms with Gasteiger partial charge >= 0.3 is 33.0 Å². The molecule has 0 amide bonds. The van der Waals surface area contributed by atoms with Gasteiger partial charge in [-0.1, -0.05) is 12.8 Å². The van der Waals surface area contributed by atoms with E-state index in [2.05, 4.69) is 0 Å². The Labute approximate surface area is 152 Å². The maximum atomic E-state index is 10.8. The van der Waals surface area contributed by atoms with Crippen LogP contribution in [0.5, 0.6) is 0 Å². The fraction of sp³-hybridized carbons (Fsp3) is 0.867. The number of hydrogen-bond donors (Lipinski definition) is 4. The third-order valence-electron chi connectivity index (χ3n) is 4.96. The van der Waals surface area contributed by atoms with Crippen molar-refractivity contribution in [3.63, 3.8) is 0 Å². The summed E-state index contributed by atoms with van der Waals surface area (Å²) in [7, 11) is 5.83. The number of aliphatic carboxylic acids is 2. The maximum Gasteiger partial charge on any atom is 2.00 e. The van der Waals surface area contributed by atoms with Gasteiger partial charge in [-0.2, -0.15) is 0 Å². The molecule has 2 rings (SSSR count). The van der Waals surface area contributed by atoms with E-state index in [1.807, 2.05) is 21.1 Å². The van der Waals surface area contributed by atoms with Crippen molar-refractivity contribution < 1.29 is 45.4 Å². The van der Waals surface area contributed by atoms with Crippen LogP contribution in [0.3, 0.4) is 0 Å². The van der Waals surface area contributed by atoms with Crippen LogP contribution in [0.4, 0.5) is 0 Å². The number of hydrogen-bond acceptors (Lipinski definition) is 4. The normalized spacial score (nSPS) is 26.8. The van der Waals surface area contributed by atoms with Crippen LogP contribution in [-0.4, -0.2) is 65.9 Å². The van der Waals surface area contributed by atoms with Crippen molar-refractivity contribution in [1.29, 1.82) is 0 Å². The summed E-state index contributed by atoms with van der Waals surface area (Å²) in [6.45, 7) is 0. The fourth-order valence-corrected chi connectivity index (χ4v) is 2.92. The van der Waals surface area contributed by atoms with Gasteiger partial charge in [-0.05, 0) is 12.8 Å². The number of quaternary nitrogens is 1. The number of carbonyl (C=O) groups is 2. The minimum atomic E-state index is -1.53. The summed E-state index contributed by atoms with van der Waals surface area (Å²) >= 11 is 0. The minimum absolute atomic E-state index is 0. The number of nitrogens with zero attached hydrogens (tertiary/aromatic N) is 1. The minimum Gasteiger partial charge on any atom is -0.480 e. The Kier molecular flexibility index (Phi) is 8.38. The van der Waals surface area contributed by atoms with Gasteiger partial charge in [0.25, 0.3) is 0 Å². The van der Waals surface area contributed by atoms with Gasteiger partial charge in [-0.25, -0.2) is 0 Å². The molecule has 2 aliphatic rings. The van der Waals surface area contributed by atoms with Gasteiger partial charge in [0.05, 0.1) is 27.2 Å². The molecule has 2 atom stereocenters. The number of rotatable bonds is 3. The van der Waals surface area contributed by atoms with E-state index in [1.54, 1.807) is 0 Å². The van der Waals surface area contributed by atoms with E-state index >= 15 is 0 Å². The molecule has 0 unspecified atom stereocenters. The van der Waals surface area contributed by atoms with Crippen molar-refractivity contribution in [3.8, 4) is 0 Å². The SMILES string of the molecule is C[N+](C)(C)C1CC(C(=O)O)(C(=O)O)C1.N[C@H]1CCCC[C@@H]1N.[Pt+2]. The topological polar surface area (TPSA) is 127 Å². The van der Waals surface area contributed by atoms with Crippen LogP contribution in [0.15, 0.2) is 0 Å². The van der Waals surface area contributed by atoms with Crippen LogP contribution in [0, 0.1) is 5.41 Å². The van der Waals surface area contributed by atoms with Crippen molar-refractivity contribution in [2.24, 2.45) is 16.9 Å². The van der Waals surface area contributed by atoms with Crippen LogP contribution in [0.25, 0.3) is 0 Å². The Bertz CT molecular complexity index is 393. The third kappa shape index (κ3) is 5.52. The second-order valence-electron chi connectivity index (χ2n) is 7.48. The van der Waals surface area contributed by atoms with E-state index in [0.717, 1.165) is 12.8 Å². The summed E-state index contributed by atoms with van der Waals surface area (Å²) in [5, 5.41) is 17.7. The zero-order valence-electron chi connectivity index (χ0n) is 14.1. The standard InChI is InChI=1S/C9H15NO4.C6H14N2.Pt/c1-10(2,3)6-4-9(5-6,7(11)12)8(13)14;7-5-3-1-2-4-6(5)8;/h6H,4-5H2,1-3H3,(H-,11,12,13,14);5-6H,1-4,7-8H2;/q;;+2/p+1/t;5-,6-;/m.0./s1. The van der Waals surface area contributed by atoms with Crippen molar-refractivity contribution in [1.82, 2.24) is 0 Å². The van der Waals surface area contributed by atoms with Crippen molar-refractivity contribution >= 4 is 11.9 Å². The molecular weight excluding hydrogens is 481 g/mol. The molecule has 136 valence electrons. The predicted molar refractivity (Wildman–Crippen MR) is 83.2 cm³/mol. The Morgan fingerprint density at radius 2 is 1.30 bits per heavy atom. The van der Waals surface area contributed by atoms with Crippen LogP contribution in [0.1, 0.15) is 38.5 Å². The molecular formula is C15H30N3O4Pt+3. The van der Waals surface area contributed by atoms with Gasteiger partial charge in [0.15, 0.2) is 5.41 Å². The van der Waals surface area contributed by atoms with Crippen molar-refractivity contribution in [3.05, 3.63) is 0 Å². The fourth-order valence-electron chi connectivity index (χ4n) is 2.92. The van der Waals surface area contributed by atoms with Gasteiger partial charge in [-0.3, -0.25) is 9.59 Å². The molecule has 0 spiro atoms. The van der Waals surface area contributed by atoms with Crippen molar-refractivity contribution in [2.75, 3.05) is 21.1 Å². The van der Waals surface area contributed by atoms with Gasteiger partial charge < -0.3 is 26.2 Å². The molecule has 8 heteroatoms. The van der Waals surface area contributed by atoms with Gasteiger partial charge in [-0.15, -0.1) is 0 Å². The van der Waals surface area contributed by atoms with E-state index in [4.69, 9.17) is 21.7 Å². The Morgan fingerprint density at radius 3 is 1.52 bits per heavy atom. The van der Waals surface area contributed by atoms with E-state index in [-0.39, 0.29) is 52.0 Å². The molecule has 0 bridgehead atoms. The summed E-state index contributed by atoms with van der Waals surface area (Å²) in [4.78, 5) is 21.7. The predicted octanol–water partition coefficient (Wildman–Crippen LogP) is 0.223. The summed E-state index contributed by atoms with van der Waals surface area (Å²) < 4.78 is 0.613. The summed E-state index contributed by atoms with van der Waals surface area (Å²) in [5.74, 6) is -2.43. The zero-order chi connectivity index (χ0) is 17.1. The first-order chi connectivity index (χ1) is 10.0. The van der Waals surface area contributed by atoms with E-state index < -0.39 is 17.4 Å². The first-order valence-corrected chi connectivity index (χ1v) is 7.80. The number of carboxylic acid groups (broad SMARTS) is 2. The van der Waals surface area contributed by atoms with Crippen molar-refractivity contribution in [2.45, 2.75) is 56.7 Å². The Morgan fingerprint density at radius 1 is 0.957 bits per heavy atom. The molecule has 2 saturated carbocycles. The second kappa shape index (κ2) is 8.56. The summed E-state index contributed by atoms with van der Waals surface area (Å²) in [6.07, 6.45) is 5.24. The molecule has 0 aliphatic heterocycles. The first kappa shape index (κ1) is 22.5. The smallest absolute Gasteiger partial charge is 0.480 e. The summed E-state index contributed by atoms with van der Waals surface area (Å²) in [5.41, 5.74) is 9.77. The summed E-state index contributed by atoms with van der Waals surface area (Å²) in [6, 6.07) is 0.690. The molecule has 23 heavy (non-hydrogen) atoms. The first-order valence-electron chi connectivity index (χ1n) is 7.80. The van der Waals surface area contributed by atoms with Crippen LogP contribution >= 0.6 is 0 Å². The Balaban J connectivity index is 0.000000460. The van der Waals surface area contributed by atoms with Gasteiger partial charge in [0, 0.05) is 24.9 Å². The van der Waals surface area contributed by atoms with E-state index in [1.165, 1.54) is 12.8 Å². The van der Waals surface area contributed by atoms with Crippen LogP contribution < -0.4 is 11.5 Å². The molecule has 0 aromatic heterocycles. The molecule has 6 N–H and O–H groups in total. The molecule has 2 aliphatic carbocycles. The van der Waals surface area contributed by atoms with Gasteiger partial charge in [0.1, 0.15) is 0 Å². The van der Waals surface area contributed by atoms with Crippen LogP contribution in [0.2, 0.25) is 0 Å². The second-order valence-corrected chi connectivity index (χ2v) is 7.48. The molecule has 7 nitrogen and oxygen atoms in total.